The first-order valence-electron chi connectivity index (χ1n) is 5.15. The van der Waals surface area contributed by atoms with Crippen molar-refractivity contribution in [2.45, 2.75) is 0 Å². The molecule has 1 unspecified atom stereocenters. The van der Waals surface area contributed by atoms with E-state index in [0.717, 1.165) is 4.31 Å². The van der Waals surface area contributed by atoms with Crippen molar-refractivity contribution in [1.29, 1.82) is 0 Å². The molecule has 2 rings (SSSR count). The van der Waals surface area contributed by atoms with Gasteiger partial charge in [0.1, 0.15) is 0 Å². The van der Waals surface area contributed by atoms with Crippen LogP contribution in [0.1, 0.15) is 0 Å². The minimum Gasteiger partial charge on any atom is -0.505 e. The molecule has 0 spiro atoms. The first kappa shape index (κ1) is 14.1. The molecule has 19 heavy (non-hydrogen) atoms. The number of phenolic OH excluding ortho intramolecular Hbond substituents is 1. The Kier molecular flexibility index (Phi) is 4.31. The van der Waals surface area contributed by atoms with Crippen LogP contribution in [-0.2, 0) is 11.3 Å². The van der Waals surface area contributed by atoms with Gasteiger partial charge in [0, 0.05) is 0 Å². The van der Waals surface area contributed by atoms with Crippen molar-refractivity contribution in [1.82, 2.24) is 0 Å². The average molecular weight is 318 g/mol. The van der Waals surface area contributed by atoms with Crippen LogP contribution in [0.3, 0.4) is 0 Å². The highest BCUT2D eigenvalue weighted by molar-refractivity contribution is 7.81. The Morgan fingerprint density at radius 2 is 1.53 bits per heavy atom. The SMILES string of the molecule is O=S(O)N(c1ccccc1)c1cc(Cl)c(O)c(Cl)c1. The van der Waals surface area contributed by atoms with E-state index >= 15 is 0 Å². The zero-order chi connectivity index (χ0) is 14.0. The third-order valence-corrected chi connectivity index (χ3v) is 3.69. The van der Waals surface area contributed by atoms with Crippen LogP contribution in [0.2, 0.25) is 10.0 Å². The molecule has 0 amide bonds. The van der Waals surface area contributed by atoms with E-state index in [0.29, 0.717) is 11.4 Å². The fraction of sp³-hybridized carbons (Fsp3) is 0. The minimum atomic E-state index is -2.29. The Morgan fingerprint density at radius 1 is 1.00 bits per heavy atom. The molecule has 2 aromatic carbocycles. The van der Waals surface area contributed by atoms with E-state index in [4.69, 9.17) is 23.2 Å². The summed E-state index contributed by atoms with van der Waals surface area (Å²) in [6.07, 6.45) is 0. The molecule has 1 atom stereocenters. The Bertz CT molecular complexity index is 599. The zero-order valence-corrected chi connectivity index (χ0v) is 11.8. The number of rotatable bonds is 3. The van der Waals surface area contributed by atoms with Crippen molar-refractivity contribution in [2.75, 3.05) is 4.31 Å². The number of benzene rings is 2. The monoisotopic (exact) mass is 317 g/mol. The summed E-state index contributed by atoms with van der Waals surface area (Å²) < 4.78 is 22.1. The van der Waals surface area contributed by atoms with Crippen LogP contribution in [-0.4, -0.2) is 13.9 Å². The molecule has 0 fully saturated rings. The van der Waals surface area contributed by atoms with Crippen molar-refractivity contribution >= 4 is 45.8 Å². The van der Waals surface area contributed by atoms with Crippen molar-refractivity contribution in [3.8, 4) is 5.75 Å². The summed E-state index contributed by atoms with van der Waals surface area (Å²) in [5, 5.41) is 9.52. The lowest BCUT2D eigenvalue weighted by molar-refractivity contribution is 0.476. The maximum atomic E-state index is 11.5. The van der Waals surface area contributed by atoms with Gasteiger partial charge >= 0.3 is 0 Å². The van der Waals surface area contributed by atoms with Crippen LogP contribution in [0.4, 0.5) is 11.4 Å². The van der Waals surface area contributed by atoms with Crippen molar-refractivity contribution in [3.05, 3.63) is 52.5 Å². The number of para-hydroxylation sites is 1. The van der Waals surface area contributed by atoms with E-state index in [9.17, 15) is 13.9 Å². The second kappa shape index (κ2) is 5.79. The number of anilines is 2. The summed E-state index contributed by atoms with van der Waals surface area (Å²) in [6.45, 7) is 0. The number of nitrogens with zero attached hydrogens (tertiary/aromatic N) is 1. The highest BCUT2D eigenvalue weighted by atomic mass is 35.5. The molecule has 0 aromatic heterocycles. The lowest BCUT2D eigenvalue weighted by atomic mass is 10.2. The number of hydrogen-bond donors (Lipinski definition) is 2. The third kappa shape index (κ3) is 3.01. The topological polar surface area (TPSA) is 60.8 Å². The lowest BCUT2D eigenvalue weighted by Crippen LogP contribution is -2.19. The van der Waals surface area contributed by atoms with E-state index in [1.807, 2.05) is 0 Å². The van der Waals surface area contributed by atoms with Crippen LogP contribution in [0.5, 0.6) is 5.75 Å². The van der Waals surface area contributed by atoms with Gasteiger partial charge in [0.25, 0.3) is 11.3 Å². The highest BCUT2D eigenvalue weighted by Gasteiger charge is 2.18. The Labute approximate surface area is 122 Å². The summed E-state index contributed by atoms with van der Waals surface area (Å²) >= 11 is 9.33. The Hall–Kier alpha value is -1.27. The summed E-state index contributed by atoms with van der Waals surface area (Å²) in [5.41, 5.74) is 0.806. The van der Waals surface area contributed by atoms with Crippen molar-refractivity contribution < 1.29 is 13.9 Å². The van der Waals surface area contributed by atoms with Crippen LogP contribution in [0, 0.1) is 0 Å². The molecular weight excluding hydrogens is 309 g/mol. The predicted octanol–water partition coefficient (Wildman–Crippen LogP) is 3.97. The number of halogens is 2. The quantitative estimate of drug-likeness (QED) is 0.842. The lowest BCUT2D eigenvalue weighted by Gasteiger charge is -2.20. The average Bonchev–Trinajstić information content (AvgIpc) is 2.37. The highest BCUT2D eigenvalue weighted by Crippen LogP contribution is 2.38. The second-order valence-corrected chi connectivity index (χ2v) is 5.26. The molecule has 2 aromatic rings. The normalized spacial score (nSPS) is 12.2. The van der Waals surface area contributed by atoms with E-state index in [1.165, 1.54) is 12.1 Å². The molecule has 0 saturated heterocycles. The molecule has 4 nitrogen and oxygen atoms in total. The van der Waals surface area contributed by atoms with Crippen molar-refractivity contribution in [3.63, 3.8) is 0 Å². The first-order chi connectivity index (χ1) is 9.00. The van der Waals surface area contributed by atoms with Crippen LogP contribution < -0.4 is 4.31 Å². The molecule has 7 heteroatoms. The second-order valence-electron chi connectivity index (χ2n) is 3.62. The zero-order valence-electron chi connectivity index (χ0n) is 9.46. The first-order valence-corrected chi connectivity index (χ1v) is 6.97. The fourth-order valence-electron chi connectivity index (χ4n) is 1.56. The van der Waals surface area contributed by atoms with E-state index in [2.05, 4.69) is 0 Å². The predicted molar refractivity (Wildman–Crippen MR) is 77.5 cm³/mol. The summed E-state index contributed by atoms with van der Waals surface area (Å²) in [6, 6.07) is 11.3. The molecule has 0 saturated carbocycles. The largest absolute Gasteiger partial charge is 0.505 e. The number of aromatic hydroxyl groups is 1. The molecule has 0 aliphatic rings. The maximum Gasteiger partial charge on any atom is 0.266 e. The van der Waals surface area contributed by atoms with Gasteiger partial charge in [-0.25, -0.2) is 8.51 Å². The summed E-state index contributed by atoms with van der Waals surface area (Å²) in [4.78, 5) is 0. The summed E-state index contributed by atoms with van der Waals surface area (Å²) in [5.74, 6) is -0.260. The van der Waals surface area contributed by atoms with Gasteiger partial charge in [-0.3, -0.25) is 4.55 Å². The van der Waals surface area contributed by atoms with Gasteiger partial charge in [0.05, 0.1) is 21.4 Å². The van der Waals surface area contributed by atoms with E-state index in [-0.39, 0.29) is 15.8 Å². The number of hydrogen-bond acceptors (Lipinski definition) is 2. The van der Waals surface area contributed by atoms with Gasteiger partial charge in [0.15, 0.2) is 5.75 Å². The van der Waals surface area contributed by atoms with E-state index in [1.54, 1.807) is 30.3 Å². The van der Waals surface area contributed by atoms with Crippen LogP contribution in [0.25, 0.3) is 0 Å². The molecule has 2 N–H and O–H groups in total. The molecule has 100 valence electrons. The maximum absolute atomic E-state index is 11.5. The van der Waals surface area contributed by atoms with Crippen LogP contribution >= 0.6 is 23.2 Å². The fourth-order valence-corrected chi connectivity index (χ4v) is 2.63. The van der Waals surface area contributed by atoms with Gasteiger partial charge in [-0.05, 0) is 24.3 Å². The molecule has 0 aliphatic heterocycles. The van der Waals surface area contributed by atoms with Gasteiger partial charge in [-0.15, -0.1) is 0 Å². The Balaban J connectivity index is 2.55. The molecule has 0 heterocycles. The summed E-state index contributed by atoms with van der Waals surface area (Å²) in [7, 11) is 0. The van der Waals surface area contributed by atoms with Crippen molar-refractivity contribution in [2.24, 2.45) is 0 Å². The van der Waals surface area contributed by atoms with Crippen LogP contribution in [0.15, 0.2) is 42.5 Å². The Morgan fingerprint density at radius 3 is 2.00 bits per heavy atom. The standard InChI is InChI=1S/C12H9Cl2NO3S/c13-10-6-9(7-11(14)12(10)16)15(19(17)18)8-4-2-1-3-5-8/h1-7,16H,(H,17,18). The van der Waals surface area contributed by atoms with Gasteiger partial charge in [-0.1, -0.05) is 41.4 Å². The van der Waals surface area contributed by atoms with Gasteiger partial charge < -0.3 is 5.11 Å². The third-order valence-electron chi connectivity index (χ3n) is 2.38. The smallest absolute Gasteiger partial charge is 0.266 e. The van der Waals surface area contributed by atoms with E-state index < -0.39 is 11.3 Å². The molecule has 0 bridgehead atoms. The molecular formula is C12H9Cl2NO3S. The van der Waals surface area contributed by atoms with Gasteiger partial charge in [-0.2, -0.15) is 0 Å². The molecule has 0 radical (unpaired) electrons. The minimum absolute atomic E-state index is 0.00822. The number of phenols is 1. The molecule has 0 aliphatic carbocycles. The van der Waals surface area contributed by atoms with Gasteiger partial charge in [0.2, 0.25) is 0 Å².